The minimum atomic E-state index is -0.207. The maximum atomic E-state index is 13.5. The summed E-state index contributed by atoms with van der Waals surface area (Å²) >= 11 is 0. The number of ether oxygens (including phenoxy) is 4. The Labute approximate surface area is 245 Å². The number of nitrogens with zero attached hydrogens (tertiary/aromatic N) is 5. The molecular weight excluding hydrogens is 538 g/mol. The molecule has 0 bridgehead atoms. The van der Waals surface area contributed by atoms with E-state index in [0.717, 1.165) is 29.9 Å². The monoisotopic (exact) mass is 575 g/mol. The molecule has 2 fully saturated rings. The van der Waals surface area contributed by atoms with Crippen molar-refractivity contribution >= 4 is 17.6 Å². The standard InChI is InChI=1S/C31H37N5O6/c1-39-24-7-4-6-23(18-24)31(38)36(20-25-8-5-17-42-25)21-30(37)35-15-13-34(14-16-35)29-12-10-26(32-33-29)22-9-11-27(40-2)28(19-22)41-3/h4,6-7,9-12,18-19,25H,5,8,13-17,20-21H2,1-3H3. The summed E-state index contributed by atoms with van der Waals surface area (Å²) < 4.78 is 21.8. The van der Waals surface area contributed by atoms with Crippen molar-refractivity contribution in [3.8, 4) is 28.5 Å². The van der Waals surface area contributed by atoms with E-state index >= 15 is 0 Å². The highest BCUT2D eigenvalue weighted by Gasteiger charge is 2.29. The van der Waals surface area contributed by atoms with E-state index < -0.39 is 0 Å². The summed E-state index contributed by atoms with van der Waals surface area (Å²) in [6, 6.07) is 16.5. The van der Waals surface area contributed by atoms with Gasteiger partial charge in [-0.2, -0.15) is 0 Å². The van der Waals surface area contributed by atoms with Gasteiger partial charge in [-0.05, 0) is 61.4 Å². The second-order valence-corrected chi connectivity index (χ2v) is 10.3. The number of carbonyl (C=O) groups excluding carboxylic acids is 2. The van der Waals surface area contributed by atoms with Crippen LogP contribution in [0.5, 0.6) is 17.2 Å². The molecule has 0 saturated carbocycles. The van der Waals surface area contributed by atoms with Gasteiger partial charge >= 0.3 is 0 Å². The van der Waals surface area contributed by atoms with E-state index in [1.165, 1.54) is 0 Å². The number of aromatic nitrogens is 2. The van der Waals surface area contributed by atoms with Crippen LogP contribution in [0.3, 0.4) is 0 Å². The zero-order chi connectivity index (χ0) is 29.5. The molecule has 0 N–H and O–H groups in total. The Morgan fingerprint density at radius 3 is 2.40 bits per heavy atom. The van der Waals surface area contributed by atoms with E-state index in [4.69, 9.17) is 18.9 Å². The molecule has 5 rings (SSSR count). The van der Waals surface area contributed by atoms with Crippen molar-refractivity contribution in [1.82, 2.24) is 20.0 Å². The zero-order valence-electron chi connectivity index (χ0n) is 24.3. The predicted molar refractivity (Wildman–Crippen MR) is 157 cm³/mol. The summed E-state index contributed by atoms with van der Waals surface area (Å²) in [5, 5.41) is 8.87. The fraction of sp³-hybridized carbons (Fsp3) is 0.419. The van der Waals surface area contributed by atoms with Crippen LogP contribution in [0.15, 0.2) is 54.6 Å². The largest absolute Gasteiger partial charge is 0.497 e. The lowest BCUT2D eigenvalue weighted by molar-refractivity contribution is -0.132. The molecule has 2 amide bonds. The highest BCUT2D eigenvalue weighted by atomic mass is 16.5. The molecular formula is C31H37N5O6. The average Bonchev–Trinajstić information content (AvgIpc) is 3.57. The zero-order valence-corrected chi connectivity index (χ0v) is 24.3. The molecule has 2 aliphatic heterocycles. The van der Waals surface area contributed by atoms with E-state index in [-0.39, 0.29) is 24.5 Å². The van der Waals surface area contributed by atoms with Crippen LogP contribution in [0.1, 0.15) is 23.2 Å². The Morgan fingerprint density at radius 2 is 1.74 bits per heavy atom. The van der Waals surface area contributed by atoms with Crippen LogP contribution in [0.2, 0.25) is 0 Å². The summed E-state index contributed by atoms with van der Waals surface area (Å²) in [6.45, 7) is 3.34. The maximum absolute atomic E-state index is 13.5. The van der Waals surface area contributed by atoms with Gasteiger partial charge in [-0.15, -0.1) is 10.2 Å². The number of hydrogen-bond donors (Lipinski definition) is 0. The Hall–Kier alpha value is -4.38. The highest BCUT2D eigenvalue weighted by Crippen LogP contribution is 2.31. The van der Waals surface area contributed by atoms with Gasteiger partial charge in [0, 0.05) is 50.5 Å². The van der Waals surface area contributed by atoms with Gasteiger partial charge in [0.15, 0.2) is 17.3 Å². The summed E-state index contributed by atoms with van der Waals surface area (Å²) in [5.41, 5.74) is 2.08. The number of rotatable bonds is 10. The van der Waals surface area contributed by atoms with Gasteiger partial charge in [-0.3, -0.25) is 9.59 Å². The first kappa shape index (κ1) is 29.1. The molecule has 0 aliphatic carbocycles. The van der Waals surface area contributed by atoms with Gasteiger partial charge in [0.05, 0.1) is 33.1 Å². The van der Waals surface area contributed by atoms with Crippen molar-refractivity contribution in [2.45, 2.75) is 18.9 Å². The molecule has 2 saturated heterocycles. The fourth-order valence-corrected chi connectivity index (χ4v) is 5.28. The molecule has 11 nitrogen and oxygen atoms in total. The SMILES string of the molecule is COc1cccc(C(=O)N(CC(=O)N2CCN(c3ccc(-c4ccc(OC)c(OC)c4)nn3)CC2)CC2CCCO2)c1. The quantitative estimate of drug-likeness (QED) is 0.360. The van der Waals surface area contributed by atoms with Crippen LogP contribution < -0.4 is 19.1 Å². The van der Waals surface area contributed by atoms with E-state index in [2.05, 4.69) is 15.1 Å². The first-order valence-corrected chi connectivity index (χ1v) is 14.1. The molecule has 1 unspecified atom stereocenters. The average molecular weight is 576 g/mol. The van der Waals surface area contributed by atoms with Crippen molar-refractivity contribution in [2.75, 3.05) is 72.1 Å². The van der Waals surface area contributed by atoms with Crippen LogP contribution >= 0.6 is 0 Å². The smallest absolute Gasteiger partial charge is 0.254 e. The molecule has 11 heteroatoms. The second kappa shape index (κ2) is 13.5. The Bertz CT molecular complexity index is 1370. The van der Waals surface area contributed by atoms with E-state index in [1.807, 2.05) is 35.2 Å². The van der Waals surface area contributed by atoms with Crippen molar-refractivity contribution in [3.05, 3.63) is 60.2 Å². The van der Waals surface area contributed by atoms with E-state index in [9.17, 15) is 9.59 Å². The first-order chi connectivity index (χ1) is 20.5. The van der Waals surface area contributed by atoms with Crippen molar-refractivity contribution in [2.24, 2.45) is 0 Å². The minimum Gasteiger partial charge on any atom is -0.497 e. The topological polar surface area (TPSA) is 107 Å². The first-order valence-electron chi connectivity index (χ1n) is 14.1. The summed E-state index contributed by atoms with van der Waals surface area (Å²) in [7, 11) is 4.76. The van der Waals surface area contributed by atoms with Crippen LogP contribution in [-0.2, 0) is 9.53 Å². The van der Waals surface area contributed by atoms with E-state index in [0.29, 0.717) is 62.1 Å². The molecule has 3 heterocycles. The fourth-order valence-electron chi connectivity index (χ4n) is 5.28. The number of anilines is 1. The molecule has 3 aromatic rings. The molecule has 2 aromatic carbocycles. The van der Waals surface area contributed by atoms with Gasteiger partial charge < -0.3 is 33.6 Å². The molecule has 222 valence electrons. The Balaban J connectivity index is 1.20. The molecule has 42 heavy (non-hydrogen) atoms. The summed E-state index contributed by atoms with van der Waals surface area (Å²) in [4.78, 5) is 32.4. The molecule has 2 aliphatic rings. The highest BCUT2D eigenvalue weighted by molar-refractivity contribution is 5.97. The number of amides is 2. The van der Waals surface area contributed by atoms with Crippen LogP contribution in [0.4, 0.5) is 5.82 Å². The van der Waals surface area contributed by atoms with Crippen LogP contribution in [0.25, 0.3) is 11.3 Å². The Morgan fingerprint density at radius 1 is 0.929 bits per heavy atom. The van der Waals surface area contributed by atoms with Gasteiger partial charge in [-0.1, -0.05) is 6.07 Å². The Kier molecular flexibility index (Phi) is 9.38. The third-order valence-corrected chi connectivity index (χ3v) is 7.66. The van der Waals surface area contributed by atoms with Crippen LogP contribution in [0, 0.1) is 0 Å². The van der Waals surface area contributed by atoms with Gasteiger partial charge in [0.1, 0.15) is 12.3 Å². The van der Waals surface area contributed by atoms with Crippen molar-refractivity contribution in [3.63, 3.8) is 0 Å². The number of carbonyl (C=O) groups is 2. The van der Waals surface area contributed by atoms with Crippen molar-refractivity contribution < 1.29 is 28.5 Å². The molecule has 0 spiro atoms. The molecule has 1 atom stereocenters. The lowest BCUT2D eigenvalue weighted by atomic mass is 10.1. The second-order valence-electron chi connectivity index (χ2n) is 10.3. The maximum Gasteiger partial charge on any atom is 0.254 e. The lowest BCUT2D eigenvalue weighted by Crippen LogP contribution is -2.52. The number of benzene rings is 2. The lowest BCUT2D eigenvalue weighted by Gasteiger charge is -2.36. The summed E-state index contributed by atoms with van der Waals surface area (Å²) in [5.74, 6) is 2.33. The predicted octanol–water partition coefficient (Wildman–Crippen LogP) is 3.14. The number of hydrogen-bond acceptors (Lipinski definition) is 9. The van der Waals surface area contributed by atoms with Gasteiger partial charge in [0.25, 0.3) is 5.91 Å². The molecule has 1 aromatic heterocycles. The van der Waals surface area contributed by atoms with E-state index in [1.54, 1.807) is 50.5 Å². The number of piperazine rings is 1. The van der Waals surface area contributed by atoms with Crippen molar-refractivity contribution in [1.29, 1.82) is 0 Å². The summed E-state index contributed by atoms with van der Waals surface area (Å²) in [6.07, 6.45) is 1.77. The third-order valence-electron chi connectivity index (χ3n) is 7.66. The molecule has 0 radical (unpaired) electrons. The number of methoxy groups -OCH3 is 3. The van der Waals surface area contributed by atoms with Crippen LogP contribution in [-0.4, -0.2) is 105 Å². The minimum absolute atomic E-state index is 0.00424. The normalized spacial score (nSPS) is 16.7. The van der Waals surface area contributed by atoms with Gasteiger partial charge in [0.2, 0.25) is 5.91 Å². The van der Waals surface area contributed by atoms with Gasteiger partial charge in [-0.25, -0.2) is 0 Å². The third kappa shape index (κ3) is 6.73.